The largest absolute Gasteiger partial charge is 0.494 e. The SMILES string of the molecule is CCOc1ccc(NC(=O)CN2C(=O)S/C(=C/c3ccc(N4CCCC4)c4ccccc34)C2=O)cc1. The molecular formula is C28H27N3O4S. The van der Waals surface area contributed by atoms with Crippen LogP contribution in [0.2, 0.25) is 0 Å². The third kappa shape index (κ3) is 4.95. The fourth-order valence-electron chi connectivity index (χ4n) is 4.59. The zero-order chi connectivity index (χ0) is 25.1. The Hall–Kier alpha value is -3.78. The third-order valence-corrected chi connectivity index (χ3v) is 7.20. The van der Waals surface area contributed by atoms with Crippen LogP contribution in [0.5, 0.6) is 5.75 Å². The van der Waals surface area contributed by atoms with Gasteiger partial charge < -0.3 is 15.0 Å². The van der Waals surface area contributed by atoms with Crippen molar-refractivity contribution in [2.75, 3.05) is 36.5 Å². The van der Waals surface area contributed by atoms with E-state index in [1.54, 1.807) is 30.3 Å². The Bertz CT molecular complexity index is 1350. The molecule has 7 nitrogen and oxygen atoms in total. The molecule has 184 valence electrons. The van der Waals surface area contributed by atoms with Crippen LogP contribution in [0.4, 0.5) is 16.2 Å². The molecule has 2 heterocycles. The van der Waals surface area contributed by atoms with E-state index in [9.17, 15) is 14.4 Å². The number of carbonyl (C=O) groups is 3. The van der Waals surface area contributed by atoms with Crippen LogP contribution < -0.4 is 15.0 Å². The standard InChI is InChI=1S/C28H27N3O4S/c1-2-35-21-12-10-20(11-13-21)29-26(32)18-31-27(33)25(36-28(31)34)17-19-9-14-24(30-15-5-6-16-30)23-8-4-3-7-22(19)23/h3-4,7-14,17H,2,5-6,15-16,18H2,1H3,(H,29,32)/b25-17+. The molecule has 0 bridgehead atoms. The number of nitrogens with one attached hydrogen (secondary N) is 1. The van der Waals surface area contributed by atoms with Crippen molar-refractivity contribution in [1.82, 2.24) is 4.90 Å². The van der Waals surface area contributed by atoms with Crippen molar-refractivity contribution in [3.8, 4) is 5.75 Å². The first-order valence-electron chi connectivity index (χ1n) is 12.1. The van der Waals surface area contributed by atoms with Gasteiger partial charge in [-0.3, -0.25) is 19.3 Å². The summed E-state index contributed by atoms with van der Waals surface area (Å²) in [6, 6.07) is 19.2. The highest BCUT2D eigenvalue weighted by Gasteiger charge is 2.36. The third-order valence-electron chi connectivity index (χ3n) is 6.29. The number of thioether (sulfide) groups is 1. The summed E-state index contributed by atoms with van der Waals surface area (Å²) in [5.41, 5.74) is 2.63. The van der Waals surface area contributed by atoms with Crippen LogP contribution in [-0.2, 0) is 9.59 Å². The van der Waals surface area contributed by atoms with Gasteiger partial charge in [0.05, 0.1) is 11.5 Å². The van der Waals surface area contributed by atoms with Crippen LogP contribution in [0.15, 0.2) is 65.6 Å². The fourth-order valence-corrected chi connectivity index (χ4v) is 5.42. The van der Waals surface area contributed by atoms with E-state index < -0.39 is 17.1 Å². The maximum Gasteiger partial charge on any atom is 0.294 e. The van der Waals surface area contributed by atoms with E-state index in [1.165, 1.54) is 18.5 Å². The lowest BCUT2D eigenvalue weighted by Crippen LogP contribution is -2.36. The molecule has 5 rings (SSSR count). The van der Waals surface area contributed by atoms with Crippen LogP contribution in [0, 0.1) is 0 Å². The minimum Gasteiger partial charge on any atom is -0.494 e. The van der Waals surface area contributed by atoms with E-state index in [-0.39, 0.29) is 6.54 Å². The van der Waals surface area contributed by atoms with Crippen molar-refractivity contribution in [3.63, 3.8) is 0 Å². The number of nitrogens with zero attached hydrogens (tertiary/aromatic N) is 2. The number of ether oxygens (including phenoxy) is 1. The zero-order valence-corrected chi connectivity index (χ0v) is 20.8. The van der Waals surface area contributed by atoms with Crippen LogP contribution in [0.3, 0.4) is 0 Å². The van der Waals surface area contributed by atoms with E-state index >= 15 is 0 Å². The maximum absolute atomic E-state index is 13.0. The van der Waals surface area contributed by atoms with Gasteiger partial charge in [-0.25, -0.2) is 0 Å². The number of hydrogen-bond acceptors (Lipinski definition) is 6. The van der Waals surface area contributed by atoms with Gasteiger partial charge in [-0.15, -0.1) is 0 Å². The van der Waals surface area contributed by atoms with Gasteiger partial charge in [0.2, 0.25) is 5.91 Å². The molecular weight excluding hydrogens is 474 g/mol. The minimum atomic E-state index is -0.459. The normalized spacial score (nSPS) is 16.9. The zero-order valence-electron chi connectivity index (χ0n) is 20.0. The first-order chi connectivity index (χ1) is 17.5. The van der Waals surface area contributed by atoms with Gasteiger partial charge in [0.1, 0.15) is 12.3 Å². The van der Waals surface area contributed by atoms with E-state index in [0.717, 1.165) is 46.1 Å². The van der Waals surface area contributed by atoms with E-state index in [1.807, 2.05) is 31.2 Å². The van der Waals surface area contributed by atoms with Crippen molar-refractivity contribution in [2.24, 2.45) is 0 Å². The smallest absolute Gasteiger partial charge is 0.294 e. The predicted molar refractivity (Wildman–Crippen MR) is 144 cm³/mol. The van der Waals surface area contributed by atoms with Crippen molar-refractivity contribution < 1.29 is 19.1 Å². The summed E-state index contributed by atoms with van der Waals surface area (Å²) in [6.45, 7) is 4.19. The Morgan fingerprint density at radius 2 is 1.72 bits per heavy atom. The topological polar surface area (TPSA) is 79.0 Å². The van der Waals surface area contributed by atoms with Gasteiger partial charge >= 0.3 is 0 Å². The Morgan fingerprint density at radius 1 is 1.00 bits per heavy atom. The Morgan fingerprint density at radius 3 is 2.44 bits per heavy atom. The summed E-state index contributed by atoms with van der Waals surface area (Å²) in [5.74, 6) is -0.199. The molecule has 0 saturated carbocycles. The first-order valence-corrected chi connectivity index (χ1v) is 12.9. The summed E-state index contributed by atoms with van der Waals surface area (Å²) >= 11 is 0.862. The van der Waals surface area contributed by atoms with Gasteiger partial charge in [-0.2, -0.15) is 0 Å². The number of carbonyl (C=O) groups excluding carboxylic acids is 3. The highest BCUT2D eigenvalue weighted by molar-refractivity contribution is 8.18. The quantitative estimate of drug-likeness (QED) is 0.430. The molecule has 0 atom stereocenters. The van der Waals surface area contributed by atoms with Gasteiger partial charge in [0.15, 0.2) is 0 Å². The number of benzene rings is 3. The highest BCUT2D eigenvalue weighted by Crippen LogP contribution is 2.36. The lowest BCUT2D eigenvalue weighted by molar-refractivity contribution is -0.127. The summed E-state index contributed by atoms with van der Waals surface area (Å²) in [7, 11) is 0. The number of imide groups is 1. The van der Waals surface area contributed by atoms with Crippen molar-refractivity contribution >= 4 is 57.0 Å². The molecule has 2 aliphatic rings. The molecule has 1 N–H and O–H groups in total. The van der Waals surface area contributed by atoms with Crippen molar-refractivity contribution in [1.29, 1.82) is 0 Å². The summed E-state index contributed by atoms with van der Waals surface area (Å²) in [6.07, 6.45) is 4.14. The lowest BCUT2D eigenvalue weighted by atomic mass is 10.0. The lowest BCUT2D eigenvalue weighted by Gasteiger charge is -2.20. The molecule has 0 radical (unpaired) electrons. The van der Waals surface area contributed by atoms with Crippen LogP contribution in [0.1, 0.15) is 25.3 Å². The predicted octanol–water partition coefficient (Wildman–Crippen LogP) is 5.51. The monoisotopic (exact) mass is 501 g/mol. The second-order valence-corrected chi connectivity index (χ2v) is 9.68. The summed E-state index contributed by atoms with van der Waals surface area (Å²) in [5, 5.41) is 4.43. The second kappa shape index (κ2) is 10.5. The second-order valence-electron chi connectivity index (χ2n) is 8.69. The molecule has 2 fully saturated rings. The molecule has 2 saturated heterocycles. The molecule has 0 aromatic heterocycles. The van der Waals surface area contributed by atoms with Gasteiger partial charge in [-0.1, -0.05) is 30.3 Å². The van der Waals surface area contributed by atoms with Crippen molar-refractivity contribution in [2.45, 2.75) is 19.8 Å². The first kappa shape index (κ1) is 23.9. The van der Waals surface area contributed by atoms with Crippen molar-refractivity contribution in [3.05, 3.63) is 71.1 Å². The summed E-state index contributed by atoms with van der Waals surface area (Å²) in [4.78, 5) is 41.9. The number of rotatable bonds is 7. The fraction of sp³-hybridized carbons (Fsp3) is 0.250. The Balaban J connectivity index is 1.32. The molecule has 0 unspecified atom stereocenters. The number of anilines is 2. The number of fused-ring (bicyclic) bond motifs is 1. The molecule has 8 heteroatoms. The minimum absolute atomic E-state index is 0.313. The van der Waals surface area contributed by atoms with Gasteiger partial charge in [0, 0.05) is 29.9 Å². The van der Waals surface area contributed by atoms with E-state index in [2.05, 4.69) is 22.3 Å². The number of amides is 3. The maximum atomic E-state index is 13.0. The van der Waals surface area contributed by atoms with Crippen LogP contribution >= 0.6 is 11.8 Å². The molecule has 3 aromatic carbocycles. The molecule has 3 aromatic rings. The Labute approximate surface area is 214 Å². The highest BCUT2D eigenvalue weighted by atomic mass is 32.2. The molecule has 0 aliphatic carbocycles. The van der Waals surface area contributed by atoms with E-state index in [0.29, 0.717) is 22.9 Å². The Kier molecular flexibility index (Phi) is 6.95. The summed E-state index contributed by atoms with van der Waals surface area (Å²) < 4.78 is 5.40. The van der Waals surface area contributed by atoms with Crippen LogP contribution in [-0.4, -0.2) is 48.2 Å². The van der Waals surface area contributed by atoms with Gasteiger partial charge in [0.25, 0.3) is 11.1 Å². The average Bonchev–Trinajstić information content (AvgIpc) is 3.50. The molecule has 36 heavy (non-hydrogen) atoms. The molecule has 0 spiro atoms. The van der Waals surface area contributed by atoms with E-state index in [4.69, 9.17) is 4.74 Å². The van der Waals surface area contributed by atoms with Crippen LogP contribution in [0.25, 0.3) is 16.8 Å². The van der Waals surface area contributed by atoms with Gasteiger partial charge in [-0.05, 0) is 78.9 Å². The molecule has 2 aliphatic heterocycles. The number of hydrogen-bond donors (Lipinski definition) is 1. The average molecular weight is 502 g/mol. The molecule has 3 amide bonds.